The number of benzene rings is 1. The van der Waals surface area contributed by atoms with Crippen molar-refractivity contribution in [1.29, 1.82) is 0 Å². The van der Waals surface area contributed by atoms with Gasteiger partial charge in [-0.3, -0.25) is 4.79 Å². The number of rotatable bonds is 5. The van der Waals surface area contributed by atoms with Gasteiger partial charge in [-0.05, 0) is 36.8 Å². The van der Waals surface area contributed by atoms with Crippen molar-refractivity contribution in [3.8, 4) is 5.75 Å². The molecular weight excluding hydrogens is 256 g/mol. The number of ether oxygens (including phenoxy) is 1. The fourth-order valence-electron chi connectivity index (χ4n) is 1.85. The first-order valence-electron chi connectivity index (χ1n) is 6.37. The molecule has 5 nitrogen and oxygen atoms in total. The van der Waals surface area contributed by atoms with E-state index in [-0.39, 0.29) is 24.3 Å². The van der Waals surface area contributed by atoms with Crippen LogP contribution < -0.4 is 15.8 Å². The number of amides is 1. The van der Waals surface area contributed by atoms with Crippen molar-refractivity contribution in [3.05, 3.63) is 53.5 Å². The Kier molecular flexibility index (Phi) is 4.42. The molecule has 20 heavy (non-hydrogen) atoms. The summed E-state index contributed by atoms with van der Waals surface area (Å²) in [7, 11) is 1.62. The molecule has 106 valence electrons. The first-order valence-corrected chi connectivity index (χ1v) is 6.37. The highest BCUT2D eigenvalue weighted by atomic mass is 16.5. The van der Waals surface area contributed by atoms with E-state index >= 15 is 0 Å². The second-order valence-electron chi connectivity index (χ2n) is 4.44. The number of hydrogen-bond donors (Lipinski definition) is 2. The second-order valence-corrected chi connectivity index (χ2v) is 4.44. The lowest BCUT2D eigenvalue weighted by atomic mass is 10.1. The van der Waals surface area contributed by atoms with Crippen LogP contribution in [0.3, 0.4) is 0 Å². The number of carbonyl (C=O) groups excluding carboxylic acids is 1. The van der Waals surface area contributed by atoms with E-state index in [2.05, 4.69) is 5.32 Å². The maximum atomic E-state index is 12.0. The van der Waals surface area contributed by atoms with E-state index in [1.807, 2.05) is 31.2 Å². The fourth-order valence-corrected chi connectivity index (χ4v) is 1.85. The Balaban J connectivity index is 2.02. The van der Waals surface area contributed by atoms with E-state index in [0.29, 0.717) is 5.76 Å². The van der Waals surface area contributed by atoms with Gasteiger partial charge in [0.1, 0.15) is 11.5 Å². The van der Waals surface area contributed by atoms with Crippen LogP contribution in [0.1, 0.15) is 34.8 Å². The Morgan fingerprint density at radius 2 is 2.00 bits per heavy atom. The van der Waals surface area contributed by atoms with Crippen molar-refractivity contribution >= 4 is 5.91 Å². The minimum atomic E-state index is -0.256. The average Bonchev–Trinajstić information content (AvgIpc) is 2.96. The number of nitrogens with one attached hydrogen (secondary N) is 1. The van der Waals surface area contributed by atoms with Gasteiger partial charge in [0, 0.05) is 0 Å². The van der Waals surface area contributed by atoms with E-state index in [0.717, 1.165) is 11.3 Å². The molecule has 0 bridgehead atoms. The number of furan rings is 1. The van der Waals surface area contributed by atoms with Gasteiger partial charge in [0.05, 0.1) is 19.7 Å². The molecule has 1 heterocycles. The largest absolute Gasteiger partial charge is 0.497 e. The Morgan fingerprint density at radius 3 is 2.55 bits per heavy atom. The zero-order chi connectivity index (χ0) is 14.5. The predicted octanol–water partition coefficient (Wildman–Crippen LogP) is 2.24. The molecule has 1 aromatic carbocycles. The molecule has 1 aromatic heterocycles. The van der Waals surface area contributed by atoms with E-state index < -0.39 is 0 Å². The summed E-state index contributed by atoms with van der Waals surface area (Å²) in [6.45, 7) is 2.19. The van der Waals surface area contributed by atoms with E-state index in [1.54, 1.807) is 19.2 Å². The summed E-state index contributed by atoms with van der Waals surface area (Å²) in [5, 5.41) is 2.87. The van der Waals surface area contributed by atoms with Gasteiger partial charge in [0.15, 0.2) is 5.76 Å². The van der Waals surface area contributed by atoms with Gasteiger partial charge < -0.3 is 20.2 Å². The quantitative estimate of drug-likeness (QED) is 0.876. The molecule has 5 heteroatoms. The Labute approximate surface area is 117 Å². The molecule has 0 aliphatic carbocycles. The van der Waals surface area contributed by atoms with Crippen molar-refractivity contribution in [2.24, 2.45) is 5.73 Å². The zero-order valence-corrected chi connectivity index (χ0v) is 11.6. The molecule has 2 aromatic rings. The van der Waals surface area contributed by atoms with Crippen molar-refractivity contribution in [1.82, 2.24) is 5.32 Å². The summed E-state index contributed by atoms with van der Waals surface area (Å²) >= 11 is 0. The summed E-state index contributed by atoms with van der Waals surface area (Å²) in [5.41, 5.74) is 6.44. The summed E-state index contributed by atoms with van der Waals surface area (Å²) in [5.74, 6) is 1.39. The highest BCUT2D eigenvalue weighted by molar-refractivity contribution is 5.91. The average molecular weight is 274 g/mol. The molecule has 1 atom stereocenters. The lowest BCUT2D eigenvalue weighted by Crippen LogP contribution is -2.26. The first-order chi connectivity index (χ1) is 9.63. The number of carbonyl (C=O) groups is 1. The number of nitrogens with two attached hydrogens (primary N) is 1. The minimum Gasteiger partial charge on any atom is -0.497 e. The van der Waals surface area contributed by atoms with Crippen LogP contribution >= 0.6 is 0 Å². The van der Waals surface area contributed by atoms with E-state index in [1.165, 1.54) is 0 Å². The van der Waals surface area contributed by atoms with Gasteiger partial charge in [0.25, 0.3) is 5.91 Å². The van der Waals surface area contributed by atoms with Crippen molar-refractivity contribution < 1.29 is 13.9 Å². The standard InChI is InChI=1S/C15H18N2O3/c1-10(11-3-5-12(19-2)6-4-11)17-15(18)14-8-7-13(9-16)20-14/h3-8,10H,9,16H2,1-2H3,(H,17,18)/t10-/m0/s1. The highest BCUT2D eigenvalue weighted by Crippen LogP contribution is 2.18. The minimum absolute atomic E-state index is 0.125. The molecule has 0 spiro atoms. The third-order valence-electron chi connectivity index (χ3n) is 3.05. The molecule has 3 N–H and O–H groups in total. The Morgan fingerprint density at radius 1 is 1.30 bits per heavy atom. The maximum Gasteiger partial charge on any atom is 0.287 e. The zero-order valence-electron chi connectivity index (χ0n) is 11.6. The summed E-state index contributed by atoms with van der Waals surface area (Å²) in [6.07, 6.45) is 0. The lowest BCUT2D eigenvalue weighted by Gasteiger charge is -2.13. The number of methoxy groups -OCH3 is 1. The van der Waals surface area contributed by atoms with Crippen LogP contribution in [0.2, 0.25) is 0 Å². The van der Waals surface area contributed by atoms with Crippen molar-refractivity contribution in [3.63, 3.8) is 0 Å². The molecule has 0 saturated heterocycles. The summed E-state index contributed by atoms with van der Waals surface area (Å²) in [6, 6.07) is 10.7. The third kappa shape index (κ3) is 3.19. The fraction of sp³-hybridized carbons (Fsp3) is 0.267. The van der Waals surface area contributed by atoms with Gasteiger partial charge in [-0.1, -0.05) is 12.1 Å². The maximum absolute atomic E-state index is 12.0. The van der Waals surface area contributed by atoms with Gasteiger partial charge in [-0.2, -0.15) is 0 Å². The number of hydrogen-bond acceptors (Lipinski definition) is 4. The molecule has 0 aliphatic rings. The van der Waals surface area contributed by atoms with E-state index in [4.69, 9.17) is 14.9 Å². The van der Waals surface area contributed by atoms with Crippen LogP contribution in [0.4, 0.5) is 0 Å². The van der Waals surface area contributed by atoms with Crippen LogP contribution in [-0.4, -0.2) is 13.0 Å². The molecule has 0 unspecified atom stereocenters. The van der Waals surface area contributed by atoms with Crippen molar-refractivity contribution in [2.75, 3.05) is 7.11 Å². The van der Waals surface area contributed by atoms with Crippen LogP contribution in [0, 0.1) is 0 Å². The van der Waals surface area contributed by atoms with Crippen LogP contribution in [0.25, 0.3) is 0 Å². The van der Waals surface area contributed by atoms with Crippen LogP contribution in [0.5, 0.6) is 5.75 Å². The molecule has 1 amide bonds. The second kappa shape index (κ2) is 6.25. The normalized spacial score (nSPS) is 11.9. The van der Waals surface area contributed by atoms with E-state index in [9.17, 15) is 4.79 Å². The monoisotopic (exact) mass is 274 g/mol. The van der Waals surface area contributed by atoms with Crippen molar-refractivity contribution in [2.45, 2.75) is 19.5 Å². The van der Waals surface area contributed by atoms with Gasteiger partial charge >= 0.3 is 0 Å². The SMILES string of the molecule is COc1ccc([C@H](C)NC(=O)c2ccc(CN)o2)cc1. The third-order valence-corrected chi connectivity index (χ3v) is 3.05. The van der Waals surface area contributed by atoms with Crippen LogP contribution in [0.15, 0.2) is 40.8 Å². The summed E-state index contributed by atoms with van der Waals surface area (Å²) < 4.78 is 10.4. The Hall–Kier alpha value is -2.27. The van der Waals surface area contributed by atoms with Crippen LogP contribution in [-0.2, 0) is 6.54 Å². The van der Waals surface area contributed by atoms with Gasteiger partial charge in [-0.15, -0.1) is 0 Å². The molecule has 2 rings (SSSR count). The smallest absolute Gasteiger partial charge is 0.287 e. The first kappa shape index (κ1) is 14.1. The molecule has 0 aliphatic heterocycles. The molecular formula is C15H18N2O3. The topological polar surface area (TPSA) is 77.5 Å². The van der Waals surface area contributed by atoms with Gasteiger partial charge in [0.2, 0.25) is 0 Å². The molecule has 0 saturated carbocycles. The summed E-state index contributed by atoms with van der Waals surface area (Å²) in [4.78, 5) is 12.0. The Bertz CT molecular complexity index is 575. The molecule has 0 fully saturated rings. The molecule has 0 radical (unpaired) electrons. The lowest BCUT2D eigenvalue weighted by molar-refractivity contribution is 0.0910. The predicted molar refractivity (Wildman–Crippen MR) is 75.5 cm³/mol. The van der Waals surface area contributed by atoms with Gasteiger partial charge in [-0.25, -0.2) is 0 Å². The highest BCUT2D eigenvalue weighted by Gasteiger charge is 2.14.